The zero-order chi connectivity index (χ0) is 12.4. The van der Waals surface area contributed by atoms with Crippen LogP contribution in [0.25, 0.3) is 11.0 Å². The summed E-state index contributed by atoms with van der Waals surface area (Å²) in [5.74, 6) is 0. The van der Waals surface area contributed by atoms with Gasteiger partial charge in [0.15, 0.2) is 0 Å². The van der Waals surface area contributed by atoms with E-state index in [1.165, 1.54) is 0 Å². The van der Waals surface area contributed by atoms with Crippen LogP contribution >= 0.6 is 0 Å². The lowest BCUT2D eigenvalue weighted by molar-refractivity contribution is 0.552. The second-order valence-electron chi connectivity index (χ2n) is 4.13. The molecule has 0 unspecified atom stereocenters. The fourth-order valence-electron chi connectivity index (χ4n) is 1.95. The highest BCUT2D eigenvalue weighted by Gasteiger charge is 2.05. The van der Waals surface area contributed by atoms with Crippen LogP contribution in [0.15, 0.2) is 64.1 Å². The quantitative estimate of drug-likeness (QED) is 0.644. The average Bonchev–Trinajstić information content (AvgIpc) is 2.41. The molecule has 0 radical (unpaired) electrons. The Labute approximate surface area is 104 Å². The van der Waals surface area contributed by atoms with Crippen molar-refractivity contribution >= 4 is 11.0 Å². The highest BCUT2D eigenvalue weighted by molar-refractivity contribution is 5.76. The molecule has 0 N–H and O–H groups in total. The number of benzene rings is 1. The van der Waals surface area contributed by atoms with Gasteiger partial charge >= 0.3 is 5.63 Å². The van der Waals surface area contributed by atoms with Gasteiger partial charge in [0.2, 0.25) is 0 Å². The first-order valence-corrected chi connectivity index (χ1v) is 5.73. The predicted molar refractivity (Wildman–Crippen MR) is 69.5 cm³/mol. The third kappa shape index (κ3) is 2.02. The Morgan fingerprint density at radius 1 is 1.06 bits per heavy atom. The molecule has 0 fully saturated rings. The van der Waals surface area contributed by atoms with E-state index in [1.807, 2.05) is 36.4 Å². The van der Waals surface area contributed by atoms with Crippen molar-refractivity contribution in [2.75, 3.05) is 0 Å². The number of hydrogen-bond acceptors (Lipinski definition) is 3. The second kappa shape index (κ2) is 4.45. The molecule has 3 rings (SSSR count). The van der Waals surface area contributed by atoms with Gasteiger partial charge in [-0.1, -0.05) is 18.2 Å². The van der Waals surface area contributed by atoms with Gasteiger partial charge in [0, 0.05) is 29.8 Å². The summed E-state index contributed by atoms with van der Waals surface area (Å²) in [6, 6.07) is 13.2. The van der Waals surface area contributed by atoms with Crippen molar-refractivity contribution in [1.82, 2.24) is 4.98 Å². The van der Waals surface area contributed by atoms with Gasteiger partial charge in [0.25, 0.3) is 0 Å². The maximum absolute atomic E-state index is 11.9. The third-order valence-corrected chi connectivity index (χ3v) is 2.86. The van der Waals surface area contributed by atoms with Gasteiger partial charge in [-0.3, -0.25) is 4.98 Å². The molecule has 0 spiro atoms. The Kier molecular flexibility index (Phi) is 2.65. The van der Waals surface area contributed by atoms with E-state index in [0.29, 0.717) is 17.6 Å². The number of pyridine rings is 1. The maximum Gasteiger partial charge on any atom is 0.339 e. The number of aromatic nitrogens is 1. The van der Waals surface area contributed by atoms with E-state index in [2.05, 4.69) is 4.98 Å². The van der Waals surface area contributed by atoms with Crippen molar-refractivity contribution in [3.05, 3.63) is 76.4 Å². The van der Waals surface area contributed by atoms with E-state index in [4.69, 9.17) is 4.42 Å². The zero-order valence-corrected chi connectivity index (χ0v) is 9.67. The first kappa shape index (κ1) is 10.7. The molecule has 1 aromatic carbocycles. The Hall–Kier alpha value is -2.42. The van der Waals surface area contributed by atoms with Crippen LogP contribution in [0.4, 0.5) is 0 Å². The van der Waals surface area contributed by atoms with E-state index >= 15 is 0 Å². The minimum Gasteiger partial charge on any atom is -0.423 e. The zero-order valence-electron chi connectivity index (χ0n) is 9.67. The first-order valence-electron chi connectivity index (χ1n) is 5.73. The lowest BCUT2D eigenvalue weighted by Crippen LogP contribution is -2.07. The normalized spacial score (nSPS) is 10.7. The number of nitrogens with zero attached hydrogens (tertiary/aromatic N) is 1. The number of fused-ring (bicyclic) bond motifs is 1. The maximum atomic E-state index is 11.9. The summed E-state index contributed by atoms with van der Waals surface area (Å²) in [6.07, 6.45) is 4.01. The smallest absolute Gasteiger partial charge is 0.339 e. The van der Waals surface area contributed by atoms with Crippen molar-refractivity contribution in [1.29, 1.82) is 0 Å². The molecular weight excluding hydrogens is 226 g/mol. The number of para-hydroxylation sites is 1. The monoisotopic (exact) mass is 237 g/mol. The number of rotatable bonds is 2. The summed E-state index contributed by atoms with van der Waals surface area (Å²) in [4.78, 5) is 15.8. The lowest BCUT2D eigenvalue weighted by Gasteiger charge is -2.02. The predicted octanol–water partition coefficient (Wildman–Crippen LogP) is 2.78. The topological polar surface area (TPSA) is 43.1 Å². The van der Waals surface area contributed by atoms with Gasteiger partial charge in [0.05, 0.1) is 0 Å². The highest BCUT2D eigenvalue weighted by atomic mass is 16.4. The average molecular weight is 237 g/mol. The SMILES string of the molecule is O=c1oc2ccccc2cc1Cc1ccncc1. The van der Waals surface area contributed by atoms with Crippen molar-refractivity contribution in [3.63, 3.8) is 0 Å². The van der Waals surface area contributed by atoms with Crippen LogP contribution in [0.5, 0.6) is 0 Å². The van der Waals surface area contributed by atoms with Crippen LogP contribution < -0.4 is 5.63 Å². The van der Waals surface area contributed by atoms with Crippen LogP contribution in [0.1, 0.15) is 11.1 Å². The standard InChI is InChI=1S/C15H11NO2/c17-15-13(9-11-5-7-16-8-6-11)10-12-3-1-2-4-14(12)18-15/h1-8,10H,9H2. The minimum atomic E-state index is -0.273. The van der Waals surface area contributed by atoms with E-state index in [1.54, 1.807) is 18.5 Å². The van der Waals surface area contributed by atoms with Crippen LogP contribution in [-0.4, -0.2) is 4.98 Å². The van der Waals surface area contributed by atoms with Gasteiger partial charge in [0.1, 0.15) is 5.58 Å². The summed E-state index contributed by atoms with van der Waals surface area (Å²) in [7, 11) is 0. The van der Waals surface area contributed by atoms with Crippen molar-refractivity contribution in [3.8, 4) is 0 Å². The lowest BCUT2D eigenvalue weighted by atomic mass is 10.1. The van der Waals surface area contributed by atoms with Gasteiger partial charge in [-0.15, -0.1) is 0 Å². The molecule has 0 aliphatic carbocycles. The molecular formula is C15H11NO2. The second-order valence-corrected chi connectivity index (χ2v) is 4.13. The van der Waals surface area contributed by atoms with E-state index < -0.39 is 0 Å². The van der Waals surface area contributed by atoms with Crippen molar-refractivity contribution < 1.29 is 4.42 Å². The molecule has 88 valence electrons. The van der Waals surface area contributed by atoms with E-state index in [-0.39, 0.29) is 5.63 Å². The molecule has 3 heteroatoms. The summed E-state index contributed by atoms with van der Waals surface area (Å²) >= 11 is 0. The molecule has 2 heterocycles. The molecule has 3 nitrogen and oxygen atoms in total. The fourth-order valence-corrected chi connectivity index (χ4v) is 1.95. The Balaban J connectivity index is 2.07. The molecule has 0 saturated heterocycles. The Morgan fingerprint density at radius 2 is 1.83 bits per heavy atom. The number of hydrogen-bond donors (Lipinski definition) is 0. The highest BCUT2D eigenvalue weighted by Crippen LogP contribution is 2.14. The fraction of sp³-hybridized carbons (Fsp3) is 0.0667. The van der Waals surface area contributed by atoms with Crippen LogP contribution in [0.3, 0.4) is 0 Å². The molecule has 0 amide bonds. The summed E-state index contributed by atoms with van der Waals surface area (Å²) in [5, 5.41) is 0.946. The molecule has 0 saturated carbocycles. The van der Waals surface area contributed by atoms with Crippen molar-refractivity contribution in [2.24, 2.45) is 0 Å². The Morgan fingerprint density at radius 3 is 2.67 bits per heavy atom. The third-order valence-electron chi connectivity index (χ3n) is 2.86. The van der Waals surface area contributed by atoms with Crippen LogP contribution in [0.2, 0.25) is 0 Å². The van der Waals surface area contributed by atoms with Crippen molar-refractivity contribution in [2.45, 2.75) is 6.42 Å². The van der Waals surface area contributed by atoms with E-state index in [9.17, 15) is 4.79 Å². The molecule has 0 bridgehead atoms. The Bertz CT molecular complexity index is 732. The summed E-state index contributed by atoms with van der Waals surface area (Å²) in [6.45, 7) is 0. The largest absolute Gasteiger partial charge is 0.423 e. The molecule has 18 heavy (non-hydrogen) atoms. The minimum absolute atomic E-state index is 0.273. The molecule has 0 aliphatic heterocycles. The van der Waals surface area contributed by atoms with Gasteiger partial charge < -0.3 is 4.42 Å². The van der Waals surface area contributed by atoms with Gasteiger partial charge in [-0.25, -0.2) is 4.79 Å². The summed E-state index contributed by atoms with van der Waals surface area (Å²) in [5.41, 5.74) is 2.07. The molecule has 2 aromatic heterocycles. The summed E-state index contributed by atoms with van der Waals surface area (Å²) < 4.78 is 5.29. The van der Waals surface area contributed by atoms with Gasteiger partial charge in [-0.2, -0.15) is 0 Å². The van der Waals surface area contributed by atoms with Crippen LogP contribution in [-0.2, 0) is 6.42 Å². The molecule has 0 atom stereocenters. The van der Waals surface area contributed by atoms with E-state index in [0.717, 1.165) is 10.9 Å². The molecule has 3 aromatic rings. The van der Waals surface area contributed by atoms with Gasteiger partial charge in [-0.05, 0) is 29.8 Å². The molecule has 0 aliphatic rings. The first-order chi connectivity index (χ1) is 8.83. The van der Waals surface area contributed by atoms with Crippen LogP contribution in [0, 0.1) is 0 Å².